The highest BCUT2D eigenvalue weighted by molar-refractivity contribution is 5.76. The number of unbranched alkanes of at least 4 members (excludes halogenated alkanes) is 11. The number of aliphatic hydroxyl groups is 4. The van der Waals surface area contributed by atoms with Gasteiger partial charge in [-0.15, -0.1) is 0 Å². The van der Waals surface area contributed by atoms with Crippen LogP contribution in [0.15, 0.2) is 12.2 Å². The Morgan fingerprint density at radius 3 is 1.94 bits per heavy atom. The van der Waals surface area contributed by atoms with Crippen LogP contribution in [0.2, 0.25) is 0 Å². The van der Waals surface area contributed by atoms with E-state index in [4.69, 9.17) is 4.74 Å². The lowest BCUT2D eigenvalue weighted by molar-refractivity contribution is -0.236. The van der Waals surface area contributed by atoms with Gasteiger partial charge in [0, 0.05) is 6.42 Å². The standard InChI is InChI=1S/C24H45NO6/c1-2-3-4-5-6-7-8-9-10-11-12-13-14-15-16-17-20(27)25-24-23(30)22(29)21(28)19(18-26)31-24/h9-10,19,21-24,26,28-30H,2-8,11-18H2,1H3,(H,25,27)/t19?,21-,22+,23?,24-/m1/s1. The minimum atomic E-state index is -1.48. The summed E-state index contributed by atoms with van der Waals surface area (Å²) in [7, 11) is 0. The number of nitrogens with one attached hydrogen (secondary N) is 1. The first kappa shape index (κ1) is 28.0. The number of rotatable bonds is 17. The molecule has 1 aliphatic rings. The molecule has 0 saturated carbocycles. The topological polar surface area (TPSA) is 119 Å². The molecule has 1 heterocycles. The zero-order valence-electron chi connectivity index (χ0n) is 19.3. The number of carbonyl (C=O) groups excluding carboxylic acids is 1. The number of carbonyl (C=O) groups is 1. The van der Waals surface area contributed by atoms with Crippen LogP contribution in [-0.4, -0.2) is 63.6 Å². The van der Waals surface area contributed by atoms with Gasteiger partial charge >= 0.3 is 0 Å². The average Bonchev–Trinajstić information content (AvgIpc) is 2.76. The van der Waals surface area contributed by atoms with E-state index in [0.29, 0.717) is 6.42 Å². The van der Waals surface area contributed by atoms with Crippen LogP contribution in [0.3, 0.4) is 0 Å². The van der Waals surface area contributed by atoms with Crippen molar-refractivity contribution >= 4 is 5.91 Å². The molecular formula is C24H45NO6. The summed E-state index contributed by atoms with van der Waals surface area (Å²) < 4.78 is 5.28. The molecule has 0 aromatic rings. The van der Waals surface area contributed by atoms with Crippen LogP contribution in [-0.2, 0) is 9.53 Å². The average molecular weight is 444 g/mol. The highest BCUT2D eigenvalue weighted by Gasteiger charge is 2.43. The fraction of sp³-hybridized carbons (Fsp3) is 0.875. The van der Waals surface area contributed by atoms with E-state index >= 15 is 0 Å². The Bertz CT molecular complexity index is 485. The van der Waals surface area contributed by atoms with E-state index in [-0.39, 0.29) is 5.91 Å². The molecule has 0 aromatic carbocycles. The van der Waals surface area contributed by atoms with Crippen molar-refractivity contribution in [3.05, 3.63) is 12.2 Å². The molecule has 7 nitrogen and oxygen atoms in total. The summed E-state index contributed by atoms with van der Waals surface area (Å²) in [5.74, 6) is -0.276. The predicted molar refractivity (Wildman–Crippen MR) is 121 cm³/mol. The molecule has 5 N–H and O–H groups in total. The number of hydrogen-bond acceptors (Lipinski definition) is 6. The molecule has 1 rings (SSSR count). The molecule has 1 amide bonds. The normalized spacial score (nSPS) is 26.4. The van der Waals surface area contributed by atoms with E-state index in [1.54, 1.807) is 0 Å². The predicted octanol–water partition coefficient (Wildman–Crippen LogP) is 2.94. The van der Waals surface area contributed by atoms with Crippen LogP contribution in [0.5, 0.6) is 0 Å². The van der Waals surface area contributed by atoms with Gasteiger partial charge in [-0.1, -0.05) is 70.4 Å². The Kier molecular flexibility index (Phi) is 15.9. The quantitative estimate of drug-likeness (QED) is 0.174. The number of amides is 1. The molecule has 1 aliphatic heterocycles. The van der Waals surface area contributed by atoms with E-state index in [9.17, 15) is 25.2 Å². The minimum Gasteiger partial charge on any atom is -0.394 e. The van der Waals surface area contributed by atoms with Crippen molar-refractivity contribution in [1.82, 2.24) is 5.32 Å². The molecule has 0 bridgehead atoms. The smallest absolute Gasteiger partial charge is 0.222 e. The van der Waals surface area contributed by atoms with Crippen LogP contribution in [0.25, 0.3) is 0 Å². The molecule has 1 fully saturated rings. The van der Waals surface area contributed by atoms with Crippen molar-refractivity contribution in [2.24, 2.45) is 0 Å². The van der Waals surface area contributed by atoms with Crippen LogP contribution >= 0.6 is 0 Å². The third kappa shape index (κ3) is 12.0. The number of hydrogen-bond donors (Lipinski definition) is 5. The van der Waals surface area contributed by atoms with Crippen molar-refractivity contribution < 1.29 is 30.0 Å². The fourth-order valence-electron chi connectivity index (χ4n) is 3.81. The van der Waals surface area contributed by atoms with E-state index in [0.717, 1.165) is 32.1 Å². The van der Waals surface area contributed by atoms with Gasteiger partial charge in [-0.25, -0.2) is 0 Å². The van der Waals surface area contributed by atoms with Crippen LogP contribution in [0.1, 0.15) is 96.8 Å². The minimum absolute atomic E-state index is 0.276. The van der Waals surface area contributed by atoms with E-state index in [1.165, 1.54) is 51.4 Å². The first-order valence-corrected chi connectivity index (χ1v) is 12.3. The van der Waals surface area contributed by atoms with Gasteiger partial charge < -0.3 is 30.5 Å². The zero-order valence-corrected chi connectivity index (χ0v) is 19.3. The van der Waals surface area contributed by atoms with Gasteiger partial charge in [0.1, 0.15) is 24.4 Å². The monoisotopic (exact) mass is 443 g/mol. The molecule has 31 heavy (non-hydrogen) atoms. The van der Waals surface area contributed by atoms with Gasteiger partial charge in [-0.3, -0.25) is 4.79 Å². The van der Waals surface area contributed by atoms with E-state index < -0.39 is 37.3 Å². The first-order chi connectivity index (χ1) is 15.0. The second kappa shape index (κ2) is 17.6. The Hall–Kier alpha value is -0.990. The Morgan fingerprint density at radius 2 is 1.35 bits per heavy atom. The van der Waals surface area contributed by atoms with Crippen LogP contribution < -0.4 is 5.32 Å². The maximum atomic E-state index is 12.1. The molecule has 0 radical (unpaired) electrons. The zero-order chi connectivity index (χ0) is 22.9. The fourth-order valence-corrected chi connectivity index (χ4v) is 3.81. The third-order valence-corrected chi connectivity index (χ3v) is 5.86. The van der Waals surface area contributed by atoms with Gasteiger partial charge in [0.25, 0.3) is 0 Å². The molecular weight excluding hydrogens is 398 g/mol. The lowest BCUT2D eigenvalue weighted by Gasteiger charge is -2.40. The largest absolute Gasteiger partial charge is 0.394 e. The molecule has 2 unspecified atom stereocenters. The number of ether oxygens (including phenoxy) is 1. The van der Waals surface area contributed by atoms with Gasteiger partial charge in [-0.2, -0.15) is 0 Å². The lowest BCUT2D eigenvalue weighted by atomic mass is 9.98. The second-order valence-electron chi connectivity index (χ2n) is 8.65. The van der Waals surface area contributed by atoms with Gasteiger partial charge in [-0.05, 0) is 32.1 Å². The van der Waals surface area contributed by atoms with Crippen molar-refractivity contribution in [3.8, 4) is 0 Å². The first-order valence-electron chi connectivity index (χ1n) is 12.3. The third-order valence-electron chi connectivity index (χ3n) is 5.86. The lowest BCUT2D eigenvalue weighted by Crippen LogP contribution is -2.63. The molecule has 5 atom stereocenters. The number of aliphatic hydroxyl groups excluding tert-OH is 4. The summed E-state index contributed by atoms with van der Waals surface area (Å²) in [6, 6.07) is 0. The highest BCUT2D eigenvalue weighted by Crippen LogP contribution is 2.20. The van der Waals surface area contributed by atoms with Crippen molar-refractivity contribution in [2.75, 3.05) is 6.61 Å². The second-order valence-corrected chi connectivity index (χ2v) is 8.65. The maximum Gasteiger partial charge on any atom is 0.222 e. The molecule has 0 aliphatic carbocycles. The summed E-state index contributed by atoms with van der Waals surface area (Å²) >= 11 is 0. The van der Waals surface area contributed by atoms with Gasteiger partial charge in [0.05, 0.1) is 6.61 Å². The molecule has 7 heteroatoms. The Balaban J connectivity index is 1.99. The SMILES string of the molecule is CCCCCCCCC=CCCCCCCCC(=O)N[C@@H]1OC(CO)[C@@H](O)[C@H](O)C1O. The Morgan fingerprint density at radius 1 is 0.806 bits per heavy atom. The van der Waals surface area contributed by atoms with Crippen LogP contribution in [0.4, 0.5) is 0 Å². The highest BCUT2D eigenvalue weighted by atomic mass is 16.6. The summed E-state index contributed by atoms with van der Waals surface area (Å²) in [5.41, 5.74) is 0. The van der Waals surface area contributed by atoms with Crippen molar-refractivity contribution in [1.29, 1.82) is 0 Å². The number of allylic oxidation sites excluding steroid dienone is 2. The van der Waals surface area contributed by atoms with Gasteiger partial charge in [0.2, 0.25) is 5.91 Å². The molecule has 1 saturated heterocycles. The van der Waals surface area contributed by atoms with Crippen molar-refractivity contribution in [3.63, 3.8) is 0 Å². The van der Waals surface area contributed by atoms with Crippen LogP contribution in [0, 0.1) is 0 Å². The molecule has 0 aromatic heterocycles. The van der Waals surface area contributed by atoms with Gasteiger partial charge in [0.15, 0.2) is 6.23 Å². The Labute approximate surface area is 187 Å². The van der Waals surface area contributed by atoms with Crippen molar-refractivity contribution in [2.45, 2.75) is 127 Å². The molecule has 0 spiro atoms. The summed E-state index contributed by atoms with van der Waals surface area (Å²) in [4.78, 5) is 12.1. The van der Waals surface area contributed by atoms with E-state index in [2.05, 4.69) is 24.4 Å². The maximum absolute atomic E-state index is 12.1. The molecule has 182 valence electrons. The summed E-state index contributed by atoms with van der Waals surface area (Å²) in [6.45, 7) is 1.74. The summed E-state index contributed by atoms with van der Waals surface area (Å²) in [6.07, 6.45) is 13.9. The van der Waals surface area contributed by atoms with E-state index in [1.807, 2.05) is 0 Å². The summed E-state index contributed by atoms with van der Waals surface area (Å²) in [5, 5.41) is 41.1.